The van der Waals surface area contributed by atoms with Gasteiger partial charge in [0.05, 0.1) is 6.04 Å². The summed E-state index contributed by atoms with van der Waals surface area (Å²) in [5.74, 6) is 0.895. The van der Waals surface area contributed by atoms with E-state index in [4.69, 9.17) is 0 Å². The normalized spacial score (nSPS) is 20.3. The van der Waals surface area contributed by atoms with Crippen molar-refractivity contribution in [3.63, 3.8) is 0 Å². The topological polar surface area (TPSA) is 44.4 Å². The van der Waals surface area contributed by atoms with Crippen molar-refractivity contribution in [1.29, 1.82) is 0 Å². The van der Waals surface area contributed by atoms with Gasteiger partial charge >= 0.3 is 0 Å². The van der Waals surface area contributed by atoms with E-state index in [1.54, 1.807) is 0 Å². The molecule has 1 aliphatic heterocycles. The molecule has 0 aliphatic carbocycles. The van der Waals surface area contributed by atoms with Crippen molar-refractivity contribution in [2.75, 3.05) is 26.7 Å². The van der Waals surface area contributed by atoms with Crippen LogP contribution in [0, 0.1) is 5.92 Å². The number of hydrogen-bond donors (Lipinski definition) is 2. The van der Waals surface area contributed by atoms with Gasteiger partial charge in [0, 0.05) is 12.6 Å². The molecule has 0 spiro atoms. The van der Waals surface area contributed by atoms with Gasteiger partial charge in [0.25, 0.3) is 0 Å². The second-order valence-electron chi connectivity index (χ2n) is 6.01. The van der Waals surface area contributed by atoms with Crippen LogP contribution in [0.15, 0.2) is 0 Å². The monoisotopic (exact) mass is 269 g/mol. The van der Waals surface area contributed by atoms with Crippen molar-refractivity contribution in [2.24, 2.45) is 5.92 Å². The Morgan fingerprint density at radius 3 is 2.58 bits per heavy atom. The lowest BCUT2D eigenvalue weighted by Crippen LogP contribution is -2.48. The molecule has 112 valence electrons. The fourth-order valence-corrected chi connectivity index (χ4v) is 2.70. The van der Waals surface area contributed by atoms with Gasteiger partial charge in [0.2, 0.25) is 5.91 Å². The van der Waals surface area contributed by atoms with Crippen molar-refractivity contribution in [3.8, 4) is 0 Å². The highest BCUT2D eigenvalue weighted by atomic mass is 16.2. The summed E-state index contributed by atoms with van der Waals surface area (Å²) < 4.78 is 0. The minimum Gasteiger partial charge on any atom is -0.352 e. The predicted octanol–water partition coefficient (Wildman–Crippen LogP) is 1.61. The highest BCUT2D eigenvalue weighted by molar-refractivity contribution is 5.81. The van der Waals surface area contributed by atoms with Crippen LogP contribution in [0.4, 0.5) is 0 Å². The predicted molar refractivity (Wildman–Crippen MR) is 80.2 cm³/mol. The summed E-state index contributed by atoms with van der Waals surface area (Å²) in [5.41, 5.74) is 0. The molecule has 1 aliphatic rings. The second kappa shape index (κ2) is 8.54. The van der Waals surface area contributed by atoms with Gasteiger partial charge in [-0.15, -0.1) is 0 Å². The van der Waals surface area contributed by atoms with E-state index in [2.05, 4.69) is 36.4 Å². The molecule has 0 aromatic rings. The Hall–Kier alpha value is -0.610. The summed E-state index contributed by atoms with van der Waals surface area (Å²) in [7, 11) is 2.07. The number of amides is 1. The molecule has 1 heterocycles. The average Bonchev–Trinajstić information content (AvgIpc) is 2.39. The molecule has 0 aromatic heterocycles. The minimum absolute atomic E-state index is 0.0332. The maximum absolute atomic E-state index is 12.1. The van der Waals surface area contributed by atoms with Crippen LogP contribution in [-0.4, -0.2) is 49.6 Å². The molecule has 0 saturated carbocycles. The number of hydrogen-bond acceptors (Lipinski definition) is 3. The van der Waals surface area contributed by atoms with Crippen LogP contribution in [0.3, 0.4) is 0 Å². The summed E-state index contributed by atoms with van der Waals surface area (Å²) >= 11 is 0. The molecule has 2 unspecified atom stereocenters. The molecule has 19 heavy (non-hydrogen) atoms. The van der Waals surface area contributed by atoms with E-state index in [0.29, 0.717) is 0 Å². The fraction of sp³-hybridized carbons (Fsp3) is 0.933. The van der Waals surface area contributed by atoms with Gasteiger partial charge in [-0.1, -0.05) is 13.3 Å². The van der Waals surface area contributed by atoms with E-state index in [1.165, 1.54) is 12.8 Å². The summed E-state index contributed by atoms with van der Waals surface area (Å²) in [6, 6.07) is 0.251. The molecule has 4 nitrogen and oxygen atoms in total. The zero-order valence-corrected chi connectivity index (χ0v) is 13.0. The van der Waals surface area contributed by atoms with Crippen molar-refractivity contribution in [3.05, 3.63) is 0 Å². The lowest BCUT2D eigenvalue weighted by Gasteiger charge is -2.31. The molecule has 1 fully saturated rings. The molecule has 0 aromatic carbocycles. The van der Waals surface area contributed by atoms with E-state index in [-0.39, 0.29) is 18.0 Å². The quantitative estimate of drug-likeness (QED) is 0.738. The first-order valence-corrected chi connectivity index (χ1v) is 7.76. The number of carbonyl (C=O) groups is 1. The van der Waals surface area contributed by atoms with Gasteiger partial charge in [-0.2, -0.15) is 0 Å². The Morgan fingerprint density at radius 2 is 2.00 bits per heavy atom. The lowest BCUT2D eigenvalue weighted by molar-refractivity contribution is -0.126. The van der Waals surface area contributed by atoms with Gasteiger partial charge in [0.15, 0.2) is 0 Å². The molecule has 1 saturated heterocycles. The molecular formula is C15H31N3O. The Balaban J connectivity index is 2.33. The van der Waals surface area contributed by atoms with Gasteiger partial charge in [-0.25, -0.2) is 0 Å². The van der Waals surface area contributed by atoms with Gasteiger partial charge < -0.3 is 10.6 Å². The number of carbonyl (C=O) groups excluding carboxylic acids is 1. The van der Waals surface area contributed by atoms with Gasteiger partial charge in [-0.05, 0) is 59.2 Å². The van der Waals surface area contributed by atoms with E-state index in [1.807, 2.05) is 6.92 Å². The van der Waals surface area contributed by atoms with Crippen molar-refractivity contribution in [1.82, 2.24) is 15.5 Å². The maximum Gasteiger partial charge on any atom is 0.237 e. The first-order valence-electron chi connectivity index (χ1n) is 7.76. The van der Waals surface area contributed by atoms with Crippen molar-refractivity contribution >= 4 is 5.91 Å². The van der Waals surface area contributed by atoms with Crippen molar-refractivity contribution < 1.29 is 4.79 Å². The van der Waals surface area contributed by atoms with E-state index < -0.39 is 0 Å². The number of likely N-dealkylation sites (N-methyl/N-ethyl adjacent to an activating group) is 1. The first-order chi connectivity index (χ1) is 9.04. The van der Waals surface area contributed by atoms with Crippen LogP contribution >= 0.6 is 0 Å². The average molecular weight is 269 g/mol. The molecule has 2 N–H and O–H groups in total. The molecular weight excluding hydrogens is 238 g/mol. The summed E-state index contributed by atoms with van der Waals surface area (Å²) in [4.78, 5) is 14.3. The largest absolute Gasteiger partial charge is 0.352 e. The lowest BCUT2D eigenvalue weighted by atomic mass is 9.97. The summed E-state index contributed by atoms with van der Waals surface area (Å²) in [5, 5.41) is 6.49. The third-order valence-corrected chi connectivity index (χ3v) is 4.16. The fourth-order valence-electron chi connectivity index (χ4n) is 2.70. The van der Waals surface area contributed by atoms with Crippen LogP contribution in [0.1, 0.15) is 46.5 Å². The van der Waals surface area contributed by atoms with E-state index >= 15 is 0 Å². The highest BCUT2D eigenvalue weighted by Crippen LogP contribution is 2.14. The highest BCUT2D eigenvalue weighted by Gasteiger charge is 2.22. The van der Waals surface area contributed by atoms with E-state index in [0.717, 1.165) is 38.4 Å². The molecule has 1 amide bonds. The van der Waals surface area contributed by atoms with E-state index in [9.17, 15) is 4.79 Å². The first kappa shape index (κ1) is 16.4. The van der Waals surface area contributed by atoms with Crippen molar-refractivity contribution in [2.45, 2.75) is 58.5 Å². The zero-order chi connectivity index (χ0) is 14.3. The van der Waals surface area contributed by atoms with Crippen LogP contribution in [0.25, 0.3) is 0 Å². The smallest absolute Gasteiger partial charge is 0.237 e. The maximum atomic E-state index is 12.1. The number of nitrogens with one attached hydrogen (secondary N) is 2. The number of rotatable bonds is 7. The number of nitrogens with zero attached hydrogens (tertiary/aromatic N) is 1. The molecule has 2 atom stereocenters. The summed E-state index contributed by atoms with van der Waals surface area (Å²) in [6.45, 7) is 9.50. The SMILES string of the molecule is CCCC(C)NC(=O)C(C)N(C)CC1CCNCC1. The van der Waals surface area contributed by atoms with Crippen LogP contribution in [0.5, 0.6) is 0 Å². The third kappa shape index (κ3) is 5.91. The minimum atomic E-state index is -0.0332. The Kier molecular flexibility index (Phi) is 7.39. The molecule has 4 heteroatoms. The third-order valence-electron chi connectivity index (χ3n) is 4.16. The molecule has 1 rings (SSSR count). The summed E-state index contributed by atoms with van der Waals surface area (Å²) in [6.07, 6.45) is 4.62. The van der Waals surface area contributed by atoms with Crippen LogP contribution < -0.4 is 10.6 Å². The number of piperidine rings is 1. The Morgan fingerprint density at radius 1 is 1.37 bits per heavy atom. The second-order valence-corrected chi connectivity index (χ2v) is 6.01. The zero-order valence-electron chi connectivity index (χ0n) is 13.0. The standard InChI is InChI=1S/C15H31N3O/c1-5-6-12(2)17-15(19)13(3)18(4)11-14-7-9-16-10-8-14/h12-14,16H,5-11H2,1-4H3,(H,17,19). The molecule has 0 bridgehead atoms. The van der Waals surface area contributed by atoms with Crippen LogP contribution in [0.2, 0.25) is 0 Å². The molecule has 0 radical (unpaired) electrons. The van der Waals surface area contributed by atoms with Gasteiger partial charge in [-0.3, -0.25) is 9.69 Å². The Bertz CT molecular complexity index is 264. The van der Waals surface area contributed by atoms with Crippen LogP contribution in [-0.2, 0) is 4.79 Å². The van der Waals surface area contributed by atoms with Gasteiger partial charge in [0.1, 0.15) is 0 Å². The Labute approximate surface area is 118 Å².